The van der Waals surface area contributed by atoms with E-state index >= 15 is 0 Å². The van der Waals surface area contributed by atoms with E-state index in [4.69, 9.17) is 9.15 Å². The molecule has 0 saturated carbocycles. The summed E-state index contributed by atoms with van der Waals surface area (Å²) < 4.78 is 9.82. The number of nitrogens with one attached hydrogen (secondary N) is 1. The van der Waals surface area contributed by atoms with Crippen LogP contribution in [-0.4, -0.2) is 47.6 Å². The Morgan fingerprint density at radius 2 is 2.08 bits per heavy atom. The second-order valence-electron chi connectivity index (χ2n) is 5.42. The number of methoxy groups -OCH3 is 1. The van der Waals surface area contributed by atoms with Crippen molar-refractivity contribution in [3.05, 3.63) is 33.7 Å². The first-order valence-corrected chi connectivity index (χ1v) is 7.25. The number of fused-ring (bicyclic) bond motifs is 1. The molecule has 1 amide bonds. The maximum atomic E-state index is 12.1. The number of carbonyl (C=O) groups excluding carboxylic acids is 1. The van der Waals surface area contributed by atoms with Gasteiger partial charge in [0.1, 0.15) is 17.1 Å². The molecule has 0 fully saturated rings. The van der Waals surface area contributed by atoms with Crippen molar-refractivity contribution in [3.8, 4) is 11.5 Å². The number of rotatable bonds is 6. The van der Waals surface area contributed by atoms with E-state index in [2.05, 4.69) is 5.32 Å². The molecule has 0 aliphatic carbocycles. The van der Waals surface area contributed by atoms with Crippen molar-refractivity contribution in [3.63, 3.8) is 0 Å². The predicted octanol–water partition coefficient (Wildman–Crippen LogP) is 0.179. The van der Waals surface area contributed by atoms with Gasteiger partial charge in [-0.3, -0.25) is 4.79 Å². The molecule has 130 valence electrons. The topological polar surface area (TPSA) is 129 Å². The number of phenolic OH excluding ortho intramolecular Hbond substituents is 2. The van der Waals surface area contributed by atoms with E-state index in [-0.39, 0.29) is 47.6 Å². The molecule has 2 rings (SSSR count). The molecule has 0 saturated heterocycles. The Bertz CT molecular complexity index is 812. The van der Waals surface area contributed by atoms with Crippen LogP contribution in [0.15, 0.2) is 21.3 Å². The van der Waals surface area contributed by atoms with Crippen LogP contribution in [0.2, 0.25) is 0 Å². The van der Waals surface area contributed by atoms with Crippen LogP contribution in [0, 0.1) is 6.92 Å². The number of aliphatic hydroxyl groups is 1. The normalized spacial score (nSPS) is 12.3. The number of aromatic hydroxyl groups is 2. The lowest BCUT2D eigenvalue weighted by molar-refractivity contribution is -0.121. The summed E-state index contributed by atoms with van der Waals surface area (Å²) in [7, 11) is 1.43. The summed E-state index contributed by atoms with van der Waals surface area (Å²) in [5.74, 6) is -0.957. The van der Waals surface area contributed by atoms with E-state index in [0.29, 0.717) is 5.56 Å². The molecular weight excluding hydrogens is 318 g/mol. The first-order chi connectivity index (χ1) is 11.3. The number of ether oxygens (including phenoxy) is 1. The molecule has 4 N–H and O–H groups in total. The monoisotopic (exact) mass is 337 g/mol. The molecular formula is C16H19NO7. The zero-order valence-electron chi connectivity index (χ0n) is 13.3. The summed E-state index contributed by atoms with van der Waals surface area (Å²) in [6.07, 6.45) is -1.11. The van der Waals surface area contributed by atoms with Gasteiger partial charge in [-0.15, -0.1) is 0 Å². The molecule has 24 heavy (non-hydrogen) atoms. The van der Waals surface area contributed by atoms with Crippen molar-refractivity contribution in [1.82, 2.24) is 5.32 Å². The third kappa shape index (κ3) is 3.84. The van der Waals surface area contributed by atoms with E-state index in [1.807, 2.05) is 0 Å². The van der Waals surface area contributed by atoms with Gasteiger partial charge in [-0.2, -0.15) is 0 Å². The van der Waals surface area contributed by atoms with Crippen LogP contribution < -0.4 is 10.9 Å². The van der Waals surface area contributed by atoms with Gasteiger partial charge in [0.2, 0.25) is 5.91 Å². The first-order valence-electron chi connectivity index (χ1n) is 7.25. The molecule has 1 aromatic carbocycles. The molecule has 1 heterocycles. The van der Waals surface area contributed by atoms with Crippen molar-refractivity contribution in [2.75, 3.05) is 20.3 Å². The zero-order valence-corrected chi connectivity index (χ0v) is 13.3. The Labute approximate surface area is 137 Å². The lowest BCUT2D eigenvalue weighted by Crippen LogP contribution is -2.36. The van der Waals surface area contributed by atoms with Crippen molar-refractivity contribution >= 4 is 16.9 Å². The number of hydrogen-bond donors (Lipinski definition) is 4. The molecule has 0 aliphatic heterocycles. The smallest absolute Gasteiger partial charge is 0.340 e. The van der Waals surface area contributed by atoms with Crippen molar-refractivity contribution < 1.29 is 29.3 Å². The van der Waals surface area contributed by atoms with E-state index in [1.54, 1.807) is 6.92 Å². The van der Waals surface area contributed by atoms with Crippen LogP contribution in [0.5, 0.6) is 11.5 Å². The minimum atomic E-state index is -0.847. The molecule has 0 unspecified atom stereocenters. The van der Waals surface area contributed by atoms with Gasteiger partial charge < -0.3 is 29.8 Å². The van der Waals surface area contributed by atoms with Crippen LogP contribution in [0.1, 0.15) is 11.1 Å². The van der Waals surface area contributed by atoms with Crippen LogP contribution in [-0.2, 0) is 16.0 Å². The molecule has 1 aromatic heterocycles. The number of aliphatic hydroxyl groups excluding tert-OH is 1. The van der Waals surface area contributed by atoms with Gasteiger partial charge >= 0.3 is 5.63 Å². The fourth-order valence-electron chi connectivity index (χ4n) is 2.42. The summed E-state index contributed by atoms with van der Waals surface area (Å²) in [5.41, 5.74) is -0.194. The van der Waals surface area contributed by atoms with Crippen LogP contribution >= 0.6 is 0 Å². The van der Waals surface area contributed by atoms with Crippen LogP contribution in [0.25, 0.3) is 11.0 Å². The van der Waals surface area contributed by atoms with Gasteiger partial charge in [0.15, 0.2) is 0 Å². The third-order valence-corrected chi connectivity index (χ3v) is 3.57. The van der Waals surface area contributed by atoms with E-state index in [1.165, 1.54) is 13.2 Å². The van der Waals surface area contributed by atoms with Gasteiger partial charge in [-0.25, -0.2) is 4.79 Å². The molecule has 2 aromatic rings. The molecule has 8 nitrogen and oxygen atoms in total. The summed E-state index contributed by atoms with van der Waals surface area (Å²) in [4.78, 5) is 24.0. The van der Waals surface area contributed by atoms with E-state index < -0.39 is 17.6 Å². The van der Waals surface area contributed by atoms with E-state index in [0.717, 1.165) is 6.07 Å². The van der Waals surface area contributed by atoms with Crippen molar-refractivity contribution in [2.45, 2.75) is 19.4 Å². The molecule has 0 aliphatic rings. The lowest BCUT2D eigenvalue weighted by atomic mass is 10.0. The highest BCUT2D eigenvalue weighted by Gasteiger charge is 2.18. The highest BCUT2D eigenvalue weighted by atomic mass is 16.5. The quantitative estimate of drug-likeness (QED) is 0.553. The molecule has 8 heteroatoms. The SMILES string of the molecule is COC[C@H](O)CNC(=O)Cc1c(C)c2c(O)cc(O)cc2oc1=O. The lowest BCUT2D eigenvalue weighted by Gasteiger charge is -2.12. The minimum Gasteiger partial charge on any atom is -0.508 e. The Kier molecular flexibility index (Phi) is 5.42. The number of benzene rings is 1. The second-order valence-corrected chi connectivity index (χ2v) is 5.42. The fraction of sp³-hybridized carbons (Fsp3) is 0.375. The Balaban J connectivity index is 2.26. The Morgan fingerprint density at radius 3 is 2.75 bits per heavy atom. The molecule has 0 bridgehead atoms. The highest BCUT2D eigenvalue weighted by molar-refractivity contribution is 5.89. The summed E-state index contributed by atoms with van der Waals surface area (Å²) >= 11 is 0. The van der Waals surface area contributed by atoms with Gasteiger partial charge in [-0.1, -0.05) is 0 Å². The molecule has 1 atom stereocenters. The molecule has 0 radical (unpaired) electrons. The number of amides is 1. The summed E-state index contributed by atoms with van der Waals surface area (Å²) in [6.45, 7) is 1.65. The van der Waals surface area contributed by atoms with Gasteiger partial charge in [-0.05, 0) is 12.5 Å². The summed E-state index contributed by atoms with van der Waals surface area (Å²) in [6, 6.07) is 2.34. The average Bonchev–Trinajstić information content (AvgIpc) is 2.48. The van der Waals surface area contributed by atoms with Crippen molar-refractivity contribution in [2.24, 2.45) is 0 Å². The standard InChI is InChI=1S/C16H19NO7/c1-8-11(5-14(21)17-6-10(19)7-23-2)16(22)24-13-4-9(18)3-12(20)15(8)13/h3-4,10,18-20H,5-7H2,1-2H3,(H,17,21)/t10-/m1/s1. The average molecular weight is 337 g/mol. The number of hydrogen-bond acceptors (Lipinski definition) is 7. The minimum absolute atomic E-state index is 0.0102. The predicted molar refractivity (Wildman–Crippen MR) is 85.1 cm³/mol. The van der Waals surface area contributed by atoms with Gasteiger partial charge in [0.05, 0.1) is 30.1 Å². The maximum absolute atomic E-state index is 12.1. The first kappa shape index (κ1) is 17.8. The third-order valence-electron chi connectivity index (χ3n) is 3.57. The van der Waals surface area contributed by atoms with Crippen LogP contribution in [0.4, 0.5) is 0 Å². The van der Waals surface area contributed by atoms with Crippen LogP contribution in [0.3, 0.4) is 0 Å². The second kappa shape index (κ2) is 7.33. The summed E-state index contributed by atoms with van der Waals surface area (Å²) in [5, 5.41) is 31.7. The fourth-order valence-corrected chi connectivity index (χ4v) is 2.42. The molecule has 0 spiro atoms. The number of phenols is 2. The largest absolute Gasteiger partial charge is 0.508 e. The van der Waals surface area contributed by atoms with Gasteiger partial charge in [0.25, 0.3) is 0 Å². The highest BCUT2D eigenvalue weighted by Crippen LogP contribution is 2.32. The van der Waals surface area contributed by atoms with E-state index in [9.17, 15) is 24.9 Å². The maximum Gasteiger partial charge on any atom is 0.340 e. The van der Waals surface area contributed by atoms with Crippen molar-refractivity contribution in [1.29, 1.82) is 0 Å². The Morgan fingerprint density at radius 1 is 1.38 bits per heavy atom. The number of carbonyl (C=O) groups is 1. The zero-order chi connectivity index (χ0) is 17.9. The Hall–Kier alpha value is -2.58. The number of aryl methyl sites for hydroxylation is 1. The van der Waals surface area contributed by atoms with Gasteiger partial charge in [0, 0.05) is 25.8 Å².